The molecule has 76 valence electrons. The zero-order chi connectivity index (χ0) is 10.7. The molecule has 2 nitrogen and oxygen atoms in total. The monoisotopic (exact) mass is 200 g/mol. The molecule has 0 saturated carbocycles. The van der Waals surface area contributed by atoms with Gasteiger partial charge in [0.2, 0.25) is 0 Å². The number of benzene rings is 2. The lowest BCUT2D eigenvalue weighted by atomic mass is 9.99. The van der Waals surface area contributed by atoms with Crippen molar-refractivity contribution < 1.29 is 9.90 Å². The van der Waals surface area contributed by atoms with E-state index in [1.807, 2.05) is 42.5 Å². The highest BCUT2D eigenvalue weighted by molar-refractivity contribution is 5.86. The minimum atomic E-state index is -0.700. The Hall–Kier alpha value is -1.67. The highest BCUT2D eigenvalue weighted by Gasteiger charge is 2.09. The predicted molar refractivity (Wildman–Crippen MR) is 59.6 cm³/mol. The highest BCUT2D eigenvalue weighted by atomic mass is 16.3. The molecule has 1 unspecified atom stereocenters. The van der Waals surface area contributed by atoms with Gasteiger partial charge in [0, 0.05) is 6.42 Å². The third-order valence-corrected chi connectivity index (χ3v) is 2.50. The molecule has 0 aromatic heterocycles. The van der Waals surface area contributed by atoms with Gasteiger partial charge in [0.05, 0.1) is 6.10 Å². The highest BCUT2D eigenvalue weighted by Crippen LogP contribution is 2.25. The lowest BCUT2D eigenvalue weighted by Gasteiger charge is -2.10. The minimum absolute atomic E-state index is 0.147. The fraction of sp³-hybridized carbons (Fsp3) is 0.154. The molecule has 0 amide bonds. The second kappa shape index (κ2) is 4.24. The Bertz CT molecular complexity index is 471. The third-order valence-electron chi connectivity index (χ3n) is 2.50. The van der Waals surface area contributed by atoms with E-state index in [2.05, 4.69) is 0 Å². The van der Waals surface area contributed by atoms with Crippen LogP contribution >= 0.6 is 0 Å². The summed E-state index contributed by atoms with van der Waals surface area (Å²) in [4.78, 5) is 10.4. The van der Waals surface area contributed by atoms with Crippen molar-refractivity contribution >= 4 is 17.1 Å². The average Bonchev–Trinajstić information content (AvgIpc) is 2.28. The van der Waals surface area contributed by atoms with Crippen molar-refractivity contribution in [3.8, 4) is 0 Å². The van der Waals surface area contributed by atoms with E-state index >= 15 is 0 Å². The second-order valence-electron chi connectivity index (χ2n) is 3.49. The van der Waals surface area contributed by atoms with Crippen molar-refractivity contribution in [2.75, 3.05) is 0 Å². The molecule has 2 heteroatoms. The molecule has 2 aromatic carbocycles. The number of rotatable bonds is 3. The van der Waals surface area contributed by atoms with E-state index in [9.17, 15) is 9.90 Å². The molecule has 0 heterocycles. The molecule has 2 rings (SSSR count). The first-order valence-electron chi connectivity index (χ1n) is 4.92. The fourth-order valence-electron chi connectivity index (χ4n) is 1.76. The first kappa shape index (κ1) is 9.87. The number of aliphatic hydroxyl groups is 1. The Labute approximate surface area is 88.2 Å². The van der Waals surface area contributed by atoms with Crippen LogP contribution in [0.1, 0.15) is 18.1 Å². The molecule has 0 fully saturated rings. The van der Waals surface area contributed by atoms with E-state index < -0.39 is 6.10 Å². The van der Waals surface area contributed by atoms with Crippen LogP contribution in [-0.4, -0.2) is 11.4 Å². The van der Waals surface area contributed by atoms with E-state index in [-0.39, 0.29) is 6.42 Å². The molecule has 0 bridgehead atoms. The number of hydrogen-bond donors (Lipinski definition) is 1. The maximum Gasteiger partial charge on any atom is 0.122 e. The summed E-state index contributed by atoms with van der Waals surface area (Å²) in [5.74, 6) is 0. The van der Waals surface area contributed by atoms with Gasteiger partial charge in [-0.2, -0.15) is 0 Å². The summed E-state index contributed by atoms with van der Waals surface area (Å²) in [5.41, 5.74) is 0.820. The lowest BCUT2D eigenvalue weighted by Crippen LogP contribution is -1.98. The summed E-state index contributed by atoms with van der Waals surface area (Å²) in [5, 5.41) is 11.9. The van der Waals surface area contributed by atoms with Crippen LogP contribution in [0.2, 0.25) is 0 Å². The molecular weight excluding hydrogens is 188 g/mol. The smallest absolute Gasteiger partial charge is 0.122 e. The van der Waals surface area contributed by atoms with Crippen molar-refractivity contribution in [3.63, 3.8) is 0 Å². The molecule has 0 aliphatic heterocycles. The summed E-state index contributed by atoms with van der Waals surface area (Å²) in [6.45, 7) is 0. The quantitative estimate of drug-likeness (QED) is 0.773. The normalized spacial score (nSPS) is 12.6. The second-order valence-corrected chi connectivity index (χ2v) is 3.49. The van der Waals surface area contributed by atoms with Gasteiger partial charge in [0.15, 0.2) is 0 Å². The van der Waals surface area contributed by atoms with Crippen molar-refractivity contribution in [2.45, 2.75) is 12.5 Å². The summed E-state index contributed by atoms with van der Waals surface area (Å²) in [7, 11) is 0. The van der Waals surface area contributed by atoms with Gasteiger partial charge in [0.25, 0.3) is 0 Å². The van der Waals surface area contributed by atoms with E-state index in [1.165, 1.54) is 0 Å². The van der Waals surface area contributed by atoms with Gasteiger partial charge < -0.3 is 9.90 Å². The zero-order valence-electron chi connectivity index (χ0n) is 8.26. The maximum atomic E-state index is 10.4. The van der Waals surface area contributed by atoms with Gasteiger partial charge in [-0.3, -0.25) is 0 Å². The van der Waals surface area contributed by atoms with Gasteiger partial charge in [-0.25, -0.2) is 0 Å². The van der Waals surface area contributed by atoms with E-state index in [1.54, 1.807) is 0 Å². The van der Waals surface area contributed by atoms with Crippen LogP contribution < -0.4 is 0 Å². The van der Waals surface area contributed by atoms with Crippen molar-refractivity contribution in [2.24, 2.45) is 0 Å². The summed E-state index contributed by atoms with van der Waals surface area (Å²) in [6.07, 6.45) is 0.189. The van der Waals surface area contributed by atoms with Gasteiger partial charge in [-0.05, 0) is 16.3 Å². The van der Waals surface area contributed by atoms with E-state index in [0.717, 1.165) is 22.6 Å². The van der Waals surface area contributed by atoms with Crippen LogP contribution in [-0.2, 0) is 4.79 Å². The first-order chi connectivity index (χ1) is 7.33. The number of hydrogen-bond acceptors (Lipinski definition) is 2. The van der Waals surface area contributed by atoms with Gasteiger partial charge in [-0.15, -0.1) is 0 Å². The number of aldehydes is 1. The number of fused-ring (bicyclic) bond motifs is 1. The van der Waals surface area contributed by atoms with Crippen LogP contribution in [0, 0.1) is 0 Å². The molecule has 15 heavy (non-hydrogen) atoms. The molecule has 0 spiro atoms. The molecule has 0 aliphatic carbocycles. The lowest BCUT2D eigenvalue weighted by molar-refractivity contribution is -0.109. The van der Waals surface area contributed by atoms with E-state index in [0.29, 0.717) is 0 Å². The fourth-order valence-corrected chi connectivity index (χ4v) is 1.76. The van der Waals surface area contributed by atoms with Crippen LogP contribution in [0.15, 0.2) is 42.5 Å². The molecule has 0 aliphatic rings. The average molecular weight is 200 g/mol. The van der Waals surface area contributed by atoms with Gasteiger partial charge >= 0.3 is 0 Å². The Morgan fingerprint density at radius 3 is 2.67 bits per heavy atom. The van der Waals surface area contributed by atoms with E-state index in [4.69, 9.17) is 0 Å². The number of carbonyl (C=O) groups excluding carboxylic acids is 1. The number of aliphatic hydroxyl groups excluding tert-OH is 1. The largest absolute Gasteiger partial charge is 0.388 e. The van der Waals surface area contributed by atoms with Gasteiger partial charge in [0.1, 0.15) is 6.29 Å². The molecule has 0 radical (unpaired) electrons. The Kier molecular flexibility index (Phi) is 2.79. The first-order valence-corrected chi connectivity index (χ1v) is 4.92. The van der Waals surface area contributed by atoms with Gasteiger partial charge in [-0.1, -0.05) is 42.5 Å². The summed E-state index contributed by atoms with van der Waals surface area (Å²) < 4.78 is 0. The number of carbonyl (C=O) groups is 1. The topological polar surface area (TPSA) is 37.3 Å². The standard InChI is InChI=1S/C13H12O2/c14-9-8-13(15)12-7-3-5-10-4-1-2-6-11(10)12/h1-7,9,13,15H,8H2. The molecule has 1 N–H and O–H groups in total. The van der Waals surface area contributed by atoms with Crippen molar-refractivity contribution in [1.29, 1.82) is 0 Å². The Morgan fingerprint density at radius 1 is 1.13 bits per heavy atom. The molecule has 1 atom stereocenters. The van der Waals surface area contributed by atoms with Crippen molar-refractivity contribution in [3.05, 3.63) is 48.0 Å². The molecule has 2 aromatic rings. The van der Waals surface area contributed by atoms with Crippen molar-refractivity contribution in [1.82, 2.24) is 0 Å². The maximum absolute atomic E-state index is 10.4. The molecule has 0 saturated heterocycles. The minimum Gasteiger partial charge on any atom is -0.388 e. The Balaban J connectivity index is 2.55. The SMILES string of the molecule is O=CCC(O)c1cccc2ccccc12. The van der Waals surface area contributed by atoms with Crippen LogP contribution in [0.25, 0.3) is 10.8 Å². The molecular formula is C13H12O2. The summed E-state index contributed by atoms with van der Waals surface area (Å²) in [6, 6.07) is 13.6. The third kappa shape index (κ3) is 1.90. The summed E-state index contributed by atoms with van der Waals surface area (Å²) >= 11 is 0. The van der Waals surface area contributed by atoms with Crippen LogP contribution in [0.4, 0.5) is 0 Å². The predicted octanol–water partition coefficient (Wildman–Crippen LogP) is 2.46. The van der Waals surface area contributed by atoms with Crippen LogP contribution in [0.3, 0.4) is 0 Å². The Morgan fingerprint density at radius 2 is 1.87 bits per heavy atom. The van der Waals surface area contributed by atoms with Crippen LogP contribution in [0.5, 0.6) is 0 Å². The zero-order valence-corrected chi connectivity index (χ0v) is 8.26.